The maximum atomic E-state index is 14.2. The Morgan fingerprint density at radius 2 is 1.69 bits per heavy atom. The molecule has 348 valence electrons. The molecule has 2 fully saturated rings. The van der Waals surface area contributed by atoms with Gasteiger partial charge >= 0.3 is 12.2 Å². The summed E-state index contributed by atoms with van der Waals surface area (Å²) in [6.45, 7) is 9.75. The molecule has 2 amide bonds. The Hall–Kier alpha value is -3.65. The molecular weight excluding hydrogens is 791 g/mol. The van der Waals surface area contributed by atoms with Crippen LogP contribution in [0.4, 0.5) is 9.59 Å². The average molecular weight is 868 g/mol. The summed E-state index contributed by atoms with van der Waals surface area (Å²) in [5, 5.41) is 27.4. The molecule has 2 aliphatic heterocycles. The molecule has 1 saturated heterocycles. The molecule has 0 bridgehead atoms. The third-order valence-corrected chi connectivity index (χ3v) is 13.1. The number of nitrogens with zero attached hydrogens (tertiary/aromatic N) is 2. The number of allylic oxidation sites excluding steroid dienone is 1. The number of aliphatic hydroxyl groups excluding tert-OH is 2. The molecule has 62 heavy (non-hydrogen) atoms. The molecule has 1 aromatic carbocycles. The number of aliphatic hydroxyl groups is 2. The number of hydrogen-bond donors (Lipinski definition) is 3. The van der Waals surface area contributed by atoms with Crippen LogP contribution in [0.15, 0.2) is 47.7 Å². The first-order valence-corrected chi connectivity index (χ1v) is 24.0. The van der Waals surface area contributed by atoms with E-state index in [4.69, 9.17) is 33.7 Å². The van der Waals surface area contributed by atoms with Crippen LogP contribution in [-0.2, 0) is 19.0 Å². The van der Waals surface area contributed by atoms with Gasteiger partial charge in [0.2, 0.25) is 12.1 Å². The van der Waals surface area contributed by atoms with Gasteiger partial charge in [-0.15, -0.1) is 6.58 Å². The summed E-state index contributed by atoms with van der Waals surface area (Å²) in [6.07, 6.45) is 21.8. The SMILES string of the molecule is C=CCO[C@@]12Oc3ccc(OC(=O)NCC)cc3[C@H]3[C@H](CCCCO)[C@@H](CCCCO)C=C(C(=NOC4CCCCO4)C[C@@H]1N(C)C(=O)OCCCCCCCCCCCC)[C@H]32. The predicted molar refractivity (Wildman–Crippen MR) is 240 cm³/mol. The summed E-state index contributed by atoms with van der Waals surface area (Å²) < 4.78 is 31.9. The van der Waals surface area contributed by atoms with Crippen LogP contribution in [0.25, 0.3) is 0 Å². The fourth-order valence-corrected chi connectivity index (χ4v) is 9.97. The summed E-state index contributed by atoms with van der Waals surface area (Å²) in [5.41, 5.74) is 2.48. The van der Waals surface area contributed by atoms with Crippen molar-refractivity contribution in [2.24, 2.45) is 22.9 Å². The molecule has 13 nitrogen and oxygen atoms in total. The molecule has 2 heterocycles. The van der Waals surface area contributed by atoms with Crippen LogP contribution >= 0.6 is 0 Å². The normalized spacial score (nSPS) is 25.8. The lowest BCUT2D eigenvalue weighted by Crippen LogP contribution is -2.69. The van der Waals surface area contributed by atoms with Crippen molar-refractivity contribution in [3.8, 4) is 11.5 Å². The van der Waals surface area contributed by atoms with Gasteiger partial charge in [-0.05, 0) is 87.5 Å². The first kappa shape index (κ1) is 49.4. The van der Waals surface area contributed by atoms with Crippen molar-refractivity contribution in [1.82, 2.24) is 10.2 Å². The van der Waals surface area contributed by atoms with E-state index in [1.54, 1.807) is 24.1 Å². The van der Waals surface area contributed by atoms with Gasteiger partial charge in [-0.25, -0.2) is 9.59 Å². The zero-order valence-electron chi connectivity index (χ0n) is 38.0. The Labute approximate surface area is 370 Å². The van der Waals surface area contributed by atoms with Crippen LogP contribution in [0.3, 0.4) is 0 Å². The maximum Gasteiger partial charge on any atom is 0.412 e. The second-order valence-corrected chi connectivity index (χ2v) is 17.5. The van der Waals surface area contributed by atoms with Gasteiger partial charge in [-0.1, -0.05) is 94.9 Å². The Balaban J connectivity index is 1.54. The second kappa shape index (κ2) is 26.2. The predicted octanol–water partition coefficient (Wildman–Crippen LogP) is 9.94. The third kappa shape index (κ3) is 13.2. The minimum atomic E-state index is -1.41. The number of amides is 2. The van der Waals surface area contributed by atoms with Crippen LogP contribution in [0.2, 0.25) is 0 Å². The van der Waals surface area contributed by atoms with E-state index in [2.05, 4.69) is 24.9 Å². The van der Waals surface area contributed by atoms with E-state index in [0.717, 1.165) is 75.3 Å². The fraction of sp³-hybridized carbons (Fsp3) is 0.735. The van der Waals surface area contributed by atoms with Crippen LogP contribution in [-0.4, -0.2) is 97.8 Å². The van der Waals surface area contributed by atoms with Gasteiger partial charge in [-0.3, -0.25) is 0 Å². The van der Waals surface area contributed by atoms with E-state index in [1.807, 2.05) is 19.1 Å². The molecule has 7 atom stereocenters. The Kier molecular flexibility index (Phi) is 20.9. The van der Waals surface area contributed by atoms with Crippen molar-refractivity contribution < 1.29 is 48.3 Å². The summed E-state index contributed by atoms with van der Waals surface area (Å²) in [4.78, 5) is 34.7. The molecule has 1 aromatic rings. The van der Waals surface area contributed by atoms with Gasteiger partial charge in [-0.2, -0.15) is 0 Å². The molecule has 1 unspecified atom stereocenters. The zero-order valence-corrected chi connectivity index (χ0v) is 38.0. The van der Waals surface area contributed by atoms with Crippen molar-refractivity contribution in [3.05, 3.63) is 48.1 Å². The molecule has 4 aliphatic rings. The smallest absolute Gasteiger partial charge is 0.412 e. The van der Waals surface area contributed by atoms with Gasteiger partial charge in [0.1, 0.15) is 17.5 Å². The average Bonchev–Trinajstić information content (AvgIpc) is 3.28. The number of benzene rings is 1. The van der Waals surface area contributed by atoms with Gasteiger partial charge in [0.25, 0.3) is 0 Å². The van der Waals surface area contributed by atoms with E-state index in [1.165, 1.54) is 44.9 Å². The van der Waals surface area contributed by atoms with Crippen LogP contribution in [0.1, 0.15) is 154 Å². The number of nitrogens with one attached hydrogen (secondary N) is 1. The van der Waals surface area contributed by atoms with Crippen molar-refractivity contribution in [1.29, 1.82) is 0 Å². The van der Waals surface area contributed by atoms with E-state index in [-0.39, 0.29) is 44.0 Å². The number of likely N-dealkylation sites (N-methyl/N-ethyl adjacent to an activating group) is 1. The standard InChI is InChI=1S/C49H77N3O10/c1-5-8-9-10-11-12-13-14-15-21-32-58-48(56)52(4)43-35-41(51-62-44-25-18-22-31-57-44)39-33-36(23-16-19-28-53)38(24-17-20-29-54)45-40-34-37(60-47(55)50-7-3)26-27-42(40)61-49(43,46(39)45)59-30-6-2/h6,26-27,33-34,36,38,43-46,53-54H,2,5,7-25,28-32,35H2,1,3-4H3,(H,50,55)/t36-,38+,43-,44?,45+,46+,49+/m0/s1. The first-order valence-electron chi connectivity index (χ1n) is 24.0. The van der Waals surface area contributed by atoms with Crippen molar-refractivity contribution >= 4 is 17.9 Å². The Morgan fingerprint density at radius 1 is 0.968 bits per heavy atom. The molecular formula is C49H77N3O10. The maximum absolute atomic E-state index is 14.2. The highest BCUT2D eigenvalue weighted by Crippen LogP contribution is 2.62. The van der Waals surface area contributed by atoms with E-state index < -0.39 is 36.2 Å². The largest absolute Gasteiger partial charge is 0.459 e. The number of carbonyl (C=O) groups is 2. The van der Waals surface area contributed by atoms with Gasteiger partial charge in [0, 0.05) is 51.1 Å². The van der Waals surface area contributed by atoms with Crippen molar-refractivity contribution in [2.75, 3.05) is 46.6 Å². The molecule has 0 aromatic heterocycles. The Morgan fingerprint density at radius 3 is 2.37 bits per heavy atom. The van der Waals surface area contributed by atoms with E-state index in [9.17, 15) is 19.8 Å². The molecule has 0 spiro atoms. The van der Waals surface area contributed by atoms with Crippen LogP contribution in [0.5, 0.6) is 11.5 Å². The highest BCUT2D eigenvalue weighted by Gasteiger charge is 2.65. The van der Waals surface area contributed by atoms with Gasteiger partial charge < -0.3 is 49.0 Å². The first-order chi connectivity index (χ1) is 30.3. The number of unbranched alkanes of at least 4 members (excludes halogenated alkanes) is 11. The highest BCUT2D eigenvalue weighted by molar-refractivity contribution is 6.03. The number of ether oxygens (including phenoxy) is 5. The number of hydrogen-bond acceptors (Lipinski definition) is 11. The summed E-state index contributed by atoms with van der Waals surface area (Å²) >= 11 is 0. The van der Waals surface area contributed by atoms with Gasteiger partial charge in [0.05, 0.1) is 31.5 Å². The zero-order chi connectivity index (χ0) is 44.2. The fourth-order valence-electron chi connectivity index (χ4n) is 9.97. The lowest BCUT2D eigenvalue weighted by Gasteiger charge is -2.59. The number of fused-ring (bicyclic) bond motifs is 2. The number of rotatable bonds is 27. The Bertz CT molecular complexity index is 1600. The van der Waals surface area contributed by atoms with Crippen LogP contribution in [0, 0.1) is 17.8 Å². The third-order valence-electron chi connectivity index (χ3n) is 13.1. The number of carbonyl (C=O) groups excluding carboxylic acids is 2. The van der Waals surface area contributed by atoms with Crippen molar-refractivity contribution in [3.63, 3.8) is 0 Å². The minimum absolute atomic E-state index is 0.0271. The molecule has 5 rings (SSSR count). The van der Waals surface area contributed by atoms with Crippen LogP contribution < -0.4 is 14.8 Å². The lowest BCUT2D eigenvalue weighted by molar-refractivity contribution is -0.254. The lowest BCUT2D eigenvalue weighted by atomic mass is 9.55. The highest BCUT2D eigenvalue weighted by atomic mass is 16.8. The molecule has 3 N–H and O–H groups in total. The summed E-state index contributed by atoms with van der Waals surface area (Å²) in [6, 6.07) is 4.75. The van der Waals surface area contributed by atoms with Crippen molar-refractivity contribution in [2.45, 2.75) is 166 Å². The minimum Gasteiger partial charge on any atom is -0.459 e. The summed E-state index contributed by atoms with van der Waals surface area (Å²) in [7, 11) is 1.75. The quantitative estimate of drug-likeness (QED) is 0.0442. The second-order valence-electron chi connectivity index (χ2n) is 17.5. The summed E-state index contributed by atoms with van der Waals surface area (Å²) in [5.74, 6) is -1.11. The van der Waals surface area contributed by atoms with E-state index >= 15 is 0 Å². The van der Waals surface area contributed by atoms with Gasteiger partial charge in [0.15, 0.2) is 0 Å². The monoisotopic (exact) mass is 868 g/mol. The molecule has 1 saturated carbocycles. The number of oxime groups is 1. The molecule has 13 heteroatoms. The molecule has 0 radical (unpaired) electrons. The topological polar surface area (TPSA) is 158 Å². The van der Waals surface area contributed by atoms with E-state index in [0.29, 0.717) is 49.8 Å². The molecule has 2 aliphatic carbocycles.